The largest absolute Gasteiger partial charge is 0.497 e. The van der Waals surface area contributed by atoms with Gasteiger partial charge in [-0.05, 0) is 24.1 Å². The molecule has 0 saturated heterocycles. The van der Waals surface area contributed by atoms with E-state index >= 15 is 0 Å². The summed E-state index contributed by atoms with van der Waals surface area (Å²) >= 11 is 5.46. The van der Waals surface area contributed by atoms with Crippen molar-refractivity contribution >= 4 is 23.1 Å². The lowest BCUT2D eigenvalue weighted by molar-refractivity contribution is -0.121. The van der Waals surface area contributed by atoms with E-state index in [9.17, 15) is 4.79 Å². The number of benzene rings is 1. The SMILES string of the molecule is CCC(=O)N[C@@H](Cc1ccc(OC)cc1)C(=S)NCCOCCOC. The van der Waals surface area contributed by atoms with Gasteiger partial charge in [-0.2, -0.15) is 0 Å². The zero-order chi connectivity index (χ0) is 18.5. The van der Waals surface area contributed by atoms with Crippen LogP contribution in [0.2, 0.25) is 0 Å². The molecule has 0 aromatic heterocycles. The predicted molar refractivity (Wildman–Crippen MR) is 102 cm³/mol. The van der Waals surface area contributed by atoms with Crippen LogP contribution in [0.25, 0.3) is 0 Å². The number of hydrogen-bond acceptors (Lipinski definition) is 5. The molecule has 0 aliphatic carbocycles. The highest BCUT2D eigenvalue weighted by Gasteiger charge is 2.17. The van der Waals surface area contributed by atoms with E-state index in [-0.39, 0.29) is 11.9 Å². The van der Waals surface area contributed by atoms with E-state index in [2.05, 4.69) is 10.6 Å². The van der Waals surface area contributed by atoms with Crippen molar-refractivity contribution in [2.75, 3.05) is 40.6 Å². The zero-order valence-electron chi connectivity index (χ0n) is 15.2. The summed E-state index contributed by atoms with van der Waals surface area (Å²) in [6.07, 6.45) is 1.04. The second kappa shape index (κ2) is 12.6. The topological polar surface area (TPSA) is 68.8 Å². The molecule has 0 radical (unpaired) electrons. The summed E-state index contributed by atoms with van der Waals surface area (Å²) in [7, 11) is 3.27. The summed E-state index contributed by atoms with van der Waals surface area (Å²) in [5.74, 6) is 0.769. The second-order valence-electron chi connectivity index (χ2n) is 5.42. The number of hydrogen-bond donors (Lipinski definition) is 2. The molecule has 0 heterocycles. The quantitative estimate of drug-likeness (QED) is 0.432. The number of methoxy groups -OCH3 is 2. The highest BCUT2D eigenvalue weighted by Crippen LogP contribution is 2.13. The van der Waals surface area contributed by atoms with E-state index in [0.29, 0.717) is 44.2 Å². The van der Waals surface area contributed by atoms with Crippen molar-refractivity contribution in [1.29, 1.82) is 0 Å². The van der Waals surface area contributed by atoms with Gasteiger partial charge in [-0.3, -0.25) is 4.79 Å². The van der Waals surface area contributed by atoms with Gasteiger partial charge in [0, 0.05) is 20.1 Å². The summed E-state index contributed by atoms with van der Waals surface area (Å²) in [5, 5.41) is 6.13. The molecule has 25 heavy (non-hydrogen) atoms. The van der Waals surface area contributed by atoms with Gasteiger partial charge >= 0.3 is 0 Å². The molecule has 6 nitrogen and oxygen atoms in total. The van der Waals surface area contributed by atoms with Crippen LogP contribution in [-0.4, -0.2) is 57.5 Å². The Morgan fingerprint density at radius 1 is 1.16 bits per heavy atom. The molecule has 1 amide bonds. The van der Waals surface area contributed by atoms with Crippen LogP contribution in [0.1, 0.15) is 18.9 Å². The van der Waals surface area contributed by atoms with Gasteiger partial charge in [-0.15, -0.1) is 0 Å². The Labute approximate surface area is 155 Å². The van der Waals surface area contributed by atoms with Crippen LogP contribution >= 0.6 is 12.2 Å². The fraction of sp³-hybridized carbons (Fsp3) is 0.556. The summed E-state index contributed by atoms with van der Waals surface area (Å²) in [6.45, 7) is 4.05. The minimum Gasteiger partial charge on any atom is -0.497 e. The Morgan fingerprint density at radius 3 is 2.48 bits per heavy atom. The van der Waals surface area contributed by atoms with Crippen molar-refractivity contribution in [3.05, 3.63) is 29.8 Å². The Bertz CT molecular complexity index is 522. The summed E-state index contributed by atoms with van der Waals surface area (Å²) < 4.78 is 15.5. The monoisotopic (exact) mass is 368 g/mol. The van der Waals surface area contributed by atoms with Crippen molar-refractivity contribution in [3.63, 3.8) is 0 Å². The average molecular weight is 368 g/mol. The number of thiocarbonyl (C=S) groups is 1. The van der Waals surface area contributed by atoms with E-state index in [1.54, 1.807) is 14.2 Å². The molecule has 0 bridgehead atoms. The van der Waals surface area contributed by atoms with Crippen molar-refractivity contribution < 1.29 is 19.0 Å². The molecule has 0 saturated carbocycles. The van der Waals surface area contributed by atoms with Crippen LogP contribution < -0.4 is 15.4 Å². The van der Waals surface area contributed by atoms with Gasteiger partial charge in [0.2, 0.25) is 5.91 Å². The van der Waals surface area contributed by atoms with Crippen LogP contribution in [0.15, 0.2) is 24.3 Å². The van der Waals surface area contributed by atoms with Crippen molar-refractivity contribution in [1.82, 2.24) is 10.6 Å². The van der Waals surface area contributed by atoms with Crippen LogP contribution in [-0.2, 0) is 20.7 Å². The van der Waals surface area contributed by atoms with Gasteiger partial charge in [0.25, 0.3) is 0 Å². The van der Waals surface area contributed by atoms with Crippen LogP contribution in [0.3, 0.4) is 0 Å². The molecular formula is C18H28N2O4S. The Morgan fingerprint density at radius 2 is 1.88 bits per heavy atom. The standard InChI is InChI=1S/C18H28N2O4S/c1-4-17(21)20-16(13-14-5-7-15(23-3)8-6-14)18(25)19-9-10-24-12-11-22-2/h5-8,16H,4,9-13H2,1-3H3,(H,19,25)(H,20,21)/t16-/m0/s1. The molecule has 0 spiro atoms. The number of nitrogens with one attached hydrogen (secondary N) is 2. The lowest BCUT2D eigenvalue weighted by atomic mass is 10.1. The molecule has 0 unspecified atom stereocenters. The smallest absolute Gasteiger partial charge is 0.220 e. The highest BCUT2D eigenvalue weighted by molar-refractivity contribution is 7.80. The van der Waals surface area contributed by atoms with Gasteiger partial charge in [-0.1, -0.05) is 31.3 Å². The number of amides is 1. The molecule has 1 rings (SSSR count). The summed E-state index contributed by atoms with van der Waals surface area (Å²) in [5.41, 5.74) is 1.07. The van der Waals surface area contributed by atoms with Gasteiger partial charge in [-0.25, -0.2) is 0 Å². The van der Waals surface area contributed by atoms with Gasteiger partial charge < -0.3 is 24.8 Å². The first kappa shape index (κ1) is 21.3. The van der Waals surface area contributed by atoms with Gasteiger partial charge in [0.05, 0.1) is 38.0 Å². The third-order valence-electron chi connectivity index (χ3n) is 3.55. The fourth-order valence-corrected chi connectivity index (χ4v) is 2.36. The molecule has 140 valence electrons. The highest BCUT2D eigenvalue weighted by atomic mass is 32.1. The zero-order valence-corrected chi connectivity index (χ0v) is 16.0. The van der Waals surface area contributed by atoms with Crippen molar-refractivity contribution in [2.24, 2.45) is 0 Å². The van der Waals surface area contributed by atoms with Crippen molar-refractivity contribution in [3.8, 4) is 5.75 Å². The van der Waals surface area contributed by atoms with Gasteiger partial charge in [0.1, 0.15) is 5.75 Å². The maximum absolute atomic E-state index is 11.8. The summed E-state index contributed by atoms with van der Waals surface area (Å²) in [4.78, 5) is 12.4. The fourth-order valence-electron chi connectivity index (χ4n) is 2.12. The third-order valence-corrected chi connectivity index (χ3v) is 3.98. The molecule has 1 atom stereocenters. The third kappa shape index (κ3) is 8.81. The van der Waals surface area contributed by atoms with E-state index in [4.69, 9.17) is 26.4 Å². The maximum atomic E-state index is 11.8. The first-order valence-electron chi connectivity index (χ1n) is 8.37. The van der Waals surface area contributed by atoms with E-state index in [0.717, 1.165) is 11.3 Å². The van der Waals surface area contributed by atoms with E-state index in [1.165, 1.54) is 0 Å². The molecule has 0 fully saturated rings. The molecule has 2 N–H and O–H groups in total. The molecule has 0 aliphatic rings. The van der Waals surface area contributed by atoms with Crippen LogP contribution in [0, 0.1) is 0 Å². The van der Waals surface area contributed by atoms with E-state index < -0.39 is 0 Å². The number of ether oxygens (including phenoxy) is 3. The molecule has 1 aromatic carbocycles. The molecule has 1 aromatic rings. The Kier molecular flexibility index (Phi) is 10.8. The predicted octanol–water partition coefficient (Wildman–Crippen LogP) is 1.71. The minimum absolute atomic E-state index is 0.0287. The van der Waals surface area contributed by atoms with Crippen molar-refractivity contribution in [2.45, 2.75) is 25.8 Å². The van der Waals surface area contributed by atoms with Crippen LogP contribution in [0.5, 0.6) is 5.75 Å². The molecule has 0 aliphatic heterocycles. The summed E-state index contributed by atoms with van der Waals surface area (Å²) in [6, 6.07) is 7.48. The Balaban J connectivity index is 2.55. The minimum atomic E-state index is -0.255. The number of carbonyl (C=O) groups excluding carboxylic acids is 1. The lowest BCUT2D eigenvalue weighted by Gasteiger charge is -2.21. The Hall–Kier alpha value is -1.70. The number of carbonyl (C=O) groups is 1. The number of rotatable bonds is 12. The molecule has 7 heteroatoms. The van der Waals surface area contributed by atoms with Gasteiger partial charge in [0.15, 0.2) is 0 Å². The lowest BCUT2D eigenvalue weighted by Crippen LogP contribution is -2.47. The van der Waals surface area contributed by atoms with E-state index in [1.807, 2.05) is 31.2 Å². The molecular weight excluding hydrogens is 340 g/mol. The van der Waals surface area contributed by atoms with Crippen LogP contribution in [0.4, 0.5) is 0 Å². The first-order chi connectivity index (χ1) is 12.1. The maximum Gasteiger partial charge on any atom is 0.220 e. The first-order valence-corrected chi connectivity index (χ1v) is 8.78. The second-order valence-corrected chi connectivity index (χ2v) is 5.86. The average Bonchev–Trinajstić information content (AvgIpc) is 2.64. The normalized spacial score (nSPS) is 11.6.